The molecule has 0 radical (unpaired) electrons. The van der Waals surface area contributed by atoms with Gasteiger partial charge in [-0.1, -0.05) is 90.5 Å². The van der Waals surface area contributed by atoms with E-state index >= 15 is 0 Å². The zero-order chi connectivity index (χ0) is 36.8. The largest absolute Gasteiger partial charge is 0.478 e. The van der Waals surface area contributed by atoms with Crippen LogP contribution in [0.15, 0.2) is 121 Å². The molecule has 0 fully saturated rings. The number of carbonyl (C=O) groups is 1. The highest BCUT2D eigenvalue weighted by atomic mass is 35.5. The second kappa shape index (κ2) is 16.2. The number of nitrogens with two attached hydrogens (primary N) is 1. The first kappa shape index (κ1) is 36.9. The van der Waals surface area contributed by atoms with Crippen LogP contribution in [0, 0.1) is 0 Å². The molecular weight excluding hydrogens is 707 g/mol. The smallest absolute Gasteiger partial charge is 0.416 e. The van der Waals surface area contributed by atoms with E-state index in [0.717, 1.165) is 51.3 Å². The topological polar surface area (TPSA) is 97.3 Å². The quantitative estimate of drug-likeness (QED) is 0.0969. The lowest BCUT2D eigenvalue weighted by Gasteiger charge is -2.25. The number of anilines is 1. The van der Waals surface area contributed by atoms with Gasteiger partial charge in [0.1, 0.15) is 0 Å². The van der Waals surface area contributed by atoms with E-state index in [-0.39, 0.29) is 29.4 Å². The number of carboxylic acid groups (broad SMARTS) is 1. The van der Waals surface area contributed by atoms with E-state index in [1.807, 2.05) is 66.7 Å². The van der Waals surface area contributed by atoms with Crippen molar-refractivity contribution in [3.8, 4) is 0 Å². The molecule has 0 bridgehead atoms. The highest BCUT2D eigenvalue weighted by molar-refractivity contribution is 7.82. The summed E-state index contributed by atoms with van der Waals surface area (Å²) in [7, 11) is -1.86. The fourth-order valence-corrected chi connectivity index (χ4v) is 7.98. The maximum atomic E-state index is 13.8. The van der Waals surface area contributed by atoms with Crippen LogP contribution in [0.3, 0.4) is 0 Å². The summed E-state index contributed by atoms with van der Waals surface area (Å²) in [6, 6.07) is 36.3. The second-order valence-electron chi connectivity index (χ2n) is 12.5. The monoisotopic (exact) mass is 743 g/mol. The van der Waals surface area contributed by atoms with Crippen molar-refractivity contribution in [1.82, 2.24) is 9.29 Å². The molecule has 1 aromatic heterocycles. The Balaban J connectivity index is 1.38. The standard InChI is InChI=1S/C41H37ClF3N3O3S/c42-31-21-22-37-33(25-31)32(14-7-9-27-17-19-30(20-18-27)40(49)50)38(48(37)39(28-10-3-1-4-11-28)29-12-5-2-6-13-29)23-24-47-52(51)26-34-35(41(43,44)45)15-8-16-36(34)46/h1-6,8,10-13,15-22,25,39,47H,7,9,14,23-24,26,46H2,(H,49,50). The van der Waals surface area contributed by atoms with Gasteiger partial charge < -0.3 is 15.4 Å². The number of nitrogen functional groups attached to an aromatic ring is 1. The fourth-order valence-electron chi connectivity index (χ4n) is 6.79. The molecule has 5 aromatic carbocycles. The molecule has 0 spiro atoms. The molecule has 0 aliphatic carbocycles. The van der Waals surface area contributed by atoms with Crippen LogP contribution in [0.4, 0.5) is 18.9 Å². The van der Waals surface area contributed by atoms with Crippen LogP contribution in [0.2, 0.25) is 5.02 Å². The zero-order valence-electron chi connectivity index (χ0n) is 28.1. The molecular formula is C41H37ClF3N3O3S. The van der Waals surface area contributed by atoms with E-state index in [1.54, 1.807) is 12.1 Å². The van der Waals surface area contributed by atoms with Crippen molar-refractivity contribution >= 4 is 45.1 Å². The number of hydrogen-bond acceptors (Lipinski definition) is 3. The zero-order valence-corrected chi connectivity index (χ0v) is 29.6. The van der Waals surface area contributed by atoms with Crippen LogP contribution in [0.25, 0.3) is 10.9 Å². The Kier molecular flexibility index (Phi) is 11.5. The third kappa shape index (κ3) is 8.41. The summed E-state index contributed by atoms with van der Waals surface area (Å²) >= 11 is 6.62. The van der Waals surface area contributed by atoms with Crippen LogP contribution >= 0.6 is 11.6 Å². The van der Waals surface area contributed by atoms with E-state index in [9.17, 15) is 27.3 Å². The summed E-state index contributed by atoms with van der Waals surface area (Å²) in [5, 5.41) is 10.9. The molecule has 6 nitrogen and oxygen atoms in total. The van der Waals surface area contributed by atoms with Gasteiger partial charge >= 0.3 is 12.1 Å². The van der Waals surface area contributed by atoms with Crippen molar-refractivity contribution in [2.45, 2.75) is 43.7 Å². The molecule has 6 aromatic rings. The molecule has 1 heterocycles. The van der Waals surface area contributed by atoms with Gasteiger partial charge in [0.2, 0.25) is 0 Å². The normalized spacial score (nSPS) is 12.4. The Hall–Kier alpha value is -4.90. The number of alkyl halides is 3. The predicted octanol–water partition coefficient (Wildman–Crippen LogP) is 9.40. The summed E-state index contributed by atoms with van der Waals surface area (Å²) < 4.78 is 59.9. The average Bonchev–Trinajstić information content (AvgIpc) is 3.41. The van der Waals surface area contributed by atoms with Gasteiger partial charge in [0.05, 0.1) is 33.9 Å². The lowest BCUT2D eigenvalue weighted by Crippen LogP contribution is -2.25. The number of aromatic nitrogens is 1. The molecule has 11 heteroatoms. The maximum absolute atomic E-state index is 13.8. The SMILES string of the molecule is Nc1cccc(C(F)(F)F)c1CS(=O)NCCc1c(CCCc2ccc(C(=O)O)cc2)c2cc(Cl)ccc2n1C(c1ccccc1)c1ccccc1. The van der Waals surface area contributed by atoms with E-state index in [2.05, 4.69) is 33.6 Å². The van der Waals surface area contributed by atoms with Crippen LogP contribution in [0.1, 0.15) is 61.9 Å². The summed E-state index contributed by atoms with van der Waals surface area (Å²) in [5.74, 6) is -1.38. The van der Waals surface area contributed by atoms with Crippen molar-refractivity contribution in [2.75, 3.05) is 12.3 Å². The summed E-state index contributed by atoms with van der Waals surface area (Å²) in [6.07, 6.45) is -2.11. The van der Waals surface area contributed by atoms with E-state index in [4.69, 9.17) is 17.3 Å². The third-order valence-corrected chi connectivity index (χ3v) is 10.5. The lowest BCUT2D eigenvalue weighted by molar-refractivity contribution is -0.138. The van der Waals surface area contributed by atoms with Gasteiger partial charge in [-0.25, -0.2) is 13.7 Å². The summed E-state index contributed by atoms with van der Waals surface area (Å²) in [6.45, 7) is 0.213. The molecule has 6 rings (SSSR count). The minimum atomic E-state index is -4.63. The molecule has 0 saturated heterocycles. The molecule has 52 heavy (non-hydrogen) atoms. The van der Waals surface area contributed by atoms with E-state index < -0.39 is 34.4 Å². The fraction of sp³-hybridized carbons (Fsp3) is 0.195. The molecule has 1 atom stereocenters. The van der Waals surface area contributed by atoms with Crippen LogP contribution < -0.4 is 10.5 Å². The first-order valence-electron chi connectivity index (χ1n) is 16.8. The number of aryl methyl sites for hydroxylation is 2. The van der Waals surface area contributed by atoms with Gasteiger partial charge in [-0.3, -0.25) is 0 Å². The van der Waals surface area contributed by atoms with Crippen molar-refractivity contribution in [3.05, 3.63) is 171 Å². The third-order valence-electron chi connectivity index (χ3n) is 9.18. The number of hydrogen-bond donors (Lipinski definition) is 3. The number of halogens is 4. The Labute approximate surface area is 307 Å². The van der Waals surface area contributed by atoms with Gasteiger partial charge in [0, 0.05) is 45.8 Å². The number of nitrogens with one attached hydrogen (secondary N) is 1. The minimum Gasteiger partial charge on any atom is -0.478 e. The average molecular weight is 744 g/mol. The molecule has 4 N–H and O–H groups in total. The van der Waals surface area contributed by atoms with E-state index in [0.29, 0.717) is 24.3 Å². The highest BCUT2D eigenvalue weighted by Gasteiger charge is 2.34. The highest BCUT2D eigenvalue weighted by Crippen LogP contribution is 2.38. The minimum absolute atomic E-state index is 0.0598. The number of nitrogens with zero attached hydrogens (tertiary/aromatic N) is 1. The number of fused-ring (bicyclic) bond motifs is 1. The molecule has 0 aliphatic rings. The van der Waals surface area contributed by atoms with Gasteiger partial charge in [-0.2, -0.15) is 13.2 Å². The molecule has 0 saturated carbocycles. The first-order valence-corrected chi connectivity index (χ1v) is 18.5. The van der Waals surface area contributed by atoms with Gasteiger partial charge in [0.15, 0.2) is 0 Å². The van der Waals surface area contributed by atoms with Gasteiger partial charge in [-0.15, -0.1) is 0 Å². The number of aromatic carboxylic acids is 1. The summed E-state index contributed by atoms with van der Waals surface area (Å²) in [4.78, 5) is 11.4. The second-order valence-corrected chi connectivity index (χ2v) is 14.2. The predicted molar refractivity (Wildman–Crippen MR) is 202 cm³/mol. The Morgan fingerprint density at radius 2 is 1.48 bits per heavy atom. The number of benzene rings is 5. The van der Waals surface area contributed by atoms with Crippen LogP contribution in [0.5, 0.6) is 0 Å². The number of carboxylic acids is 1. The Morgan fingerprint density at radius 3 is 2.10 bits per heavy atom. The molecule has 268 valence electrons. The maximum Gasteiger partial charge on any atom is 0.416 e. The first-order chi connectivity index (χ1) is 25.0. The Bertz CT molecular complexity index is 2150. The summed E-state index contributed by atoms with van der Waals surface area (Å²) in [5.41, 5.74) is 11.1. The van der Waals surface area contributed by atoms with E-state index in [1.165, 1.54) is 12.1 Å². The molecule has 0 aliphatic heterocycles. The molecule has 1 unspecified atom stereocenters. The van der Waals surface area contributed by atoms with Crippen molar-refractivity contribution in [1.29, 1.82) is 0 Å². The van der Waals surface area contributed by atoms with Crippen molar-refractivity contribution in [3.63, 3.8) is 0 Å². The van der Waals surface area contributed by atoms with Gasteiger partial charge in [-0.05, 0) is 84.0 Å². The van der Waals surface area contributed by atoms with Gasteiger partial charge in [0.25, 0.3) is 0 Å². The molecule has 0 amide bonds. The van der Waals surface area contributed by atoms with Crippen molar-refractivity contribution < 1.29 is 27.3 Å². The Morgan fingerprint density at radius 1 is 0.827 bits per heavy atom. The van der Waals surface area contributed by atoms with Crippen molar-refractivity contribution in [2.24, 2.45) is 0 Å². The lowest BCUT2D eigenvalue weighted by atomic mass is 9.97. The van der Waals surface area contributed by atoms with Crippen LogP contribution in [-0.4, -0.2) is 26.4 Å². The van der Waals surface area contributed by atoms with Crippen LogP contribution in [-0.2, 0) is 42.2 Å². The number of rotatable bonds is 14.